The van der Waals surface area contributed by atoms with Crippen molar-refractivity contribution in [3.63, 3.8) is 0 Å². The lowest BCUT2D eigenvalue weighted by atomic mass is 9.53. The molecule has 4 atom stereocenters. The molecule has 0 saturated carbocycles. The van der Waals surface area contributed by atoms with Gasteiger partial charge in [0, 0.05) is 31.2 Å². The number of rotatable bonds is 8. The Kier molecular flexibility index (Phi) is 5.90. The van der Waals surface area contributed by atoms with Crippen molar-refractivity contribution in [1.82, 2.24) is 4.90 Å². The Morgan fingerprint density at radius 1 is 1.08 bits per heavy atom. The van der Waals surface area contributed by atoms with Gasteiger partial charge >= 0.3 is 5.97 Å². The Labute approximate surface area is 210 Å². The van der Waals surface area contributed by atoms with E-state index in [-0.39, 0.29) is 19.0 Å². The lowest BCUT2D eigenvalue weighted by Gasteiger charge is -2.56. The van der Waals surface area contributed by atoms with E-state index in [0.717, 1.165) is 31.6 Å². The molecule has 1 fully saturated rings. The zero-order chi connectivity index (χ0) is 24.9. The maximum absolute atomic E-state index is 13.4. The Hall–Kier alpha value is -3.07. The number of benzene rings is 2. The van der Waals surface area contributed by atoms with Crippen molar-refractivity contribution in [3.05, 3.63) is 64.9 Å². The molecule has 4 aliphatic rings. The lowest BCUT2D eigenvalue weighted by Crippen LogP contribution is -2.63. The molecule has 36 heavy (non-hydrogen) atoms. The van der Waals surface area contributed by atoms with Crippen LogP contribution in [0.1, 0.15) is 34.3 Å². The zero-order valence-electron chi connectivity index (χ0n) is 20.8. The fourth-order valence-corrected chi connectivity index (χ4v) is 6.68. The molecule has 1 spiro atoms. The van der Waals surface area contributed by atoms with E-state index in [1.165, 1.54) is 18.2 Å². The number of likely N-dealkylation sites (N-methyl/N-ethyl adjacent to an activating group) is 1. The van der Waals surface area contributed by atoms with Crippen LogP contribution in [0.3, 0.4) is 0 Å². The summed E-state index contributed by atoms with van der Waals surface area (Å²) >= 11 is 0. The van der Waals surface area contributed by atoms with E-state index in [1.54, 1.807) is 25.3 Å². The summed E-state index contributed by atoms with van der Waals surface area (Å²) in [6, 6.07) is 11.6. The van der Waals surface area contributed by atoms with Crippen LogP contribution in [-0.2, 0) is 26.0 Å². The van der Waals surface area contributed by atoms with Crippen molar-refractivity contribution in [3.8, 4) is 17.2 Å². The summed E-state index contributed by atoms with van der Waals surface area (Å²) < 4.78 is 34.4. The third-order valence-corrected chi connectivity index (χ3v) is 8.19. The predicted octanol–water partition coefficient (Wildman–Crippen LogP) is 3.67. The van der Waals surface area contributed by atoms with Crippen molar-refractivity contribution >= 4 is 5.97 Å². The minimum atomic E-state index is -0.473. The summed E-state index contributed by atoms with van der Waals surface area (Å²) in [6.45, 7) is 1.14. The summed E-state index contributed by atoms with van der Waals surface area (Å²) in [5.41, 5.74) is 2.60. The van der Waals surface area contributed by atoms with Gasteiger partial charge in [0.25, 0.3) is 0 Å². The van der Waals surface area contributed by atoms with Gasteiger partial charge in [0.2, 0.25) is 0 Å². The Morgan fingerprint density at radius 2 is 1.86 bits per heavy atom. The zero-order valence-corrected chi connectivity index (χ0v) is 20.8. The molecule has 1 saturated heterocycles. The number of hydrogen-bond acceptors (Lipinski definition) is 8. The summed E-state index contributed by atoms with van der Waals surface area (Å²) in [7, 11) is 5.35. The molecule has 0 radical (unpaired) electrons. The molecule has 2 bridgehead atoms. The van der Waals surface area contributed by atoms with Crippen molar-refractivity contribution in [2.24, 2.45) is 5.92 Å². The minimum absolute atomic E-state index is 0.0424. The first kappa shape index (κ1) is 23.3. The second-order valence-corrected chi connectivity index (χ2v) is 9.90. The van der Waals surface area contributed by atoms with Crippen molar-refractivity contribution in [2.45, 2.75) is 36.8 Å². The summed E-state index contributed by atoms with van der Waals surface area (Å²) in [6.07, 6.45) is 4.36. The van der Waals surface area contributed by atoms with E-state index in [1.807, 2.05) is 18.2 Å². The second-order valence-electron chi connectivity index (χ2n) is 9.90. The molecule has 0 N–H and O–H groups in total. The molecule has 8 heteroatoms. The largest absolute Gasteiger partial charge is 0.477 e. The fraction of sp³-hybridized carbons (Fsp3) is 0.464. The van der Waals surface area contributed by atoms with E-state index in [4.69, 9.17) is 28.4 Å². The monoisotopic (exact) mass is 493 g/mol. The fourth-order valence-electron chi connectivity index (χ4n) is 6.68. The average molecular weight is 494 g/mol. The van der Waals surface area contributed by atoms with Gasteiger partial charge in [-0.25, -0.2) is 4.79 Å². The van der Waals surface area contributed by atoms with Crippen molar-refractivity contribution in [2.75, 3.05) is 41.4 Å². The lowest BCUT2D eigenvalue weighted by molar-refractivity contribution is -0.0276. The van der Waals surface area contributed by atoms with E-state index in [9.17, 15) is 4.79 Å². The van der Waals surface area contributed by atoms with Gasteiger partial charge in [-0.3, -0.25) is 0 Å². The van der Waals surface area contributed by atoms with Crippen LogP contribution in [0.5, 0.6) is 17.2 Å². The van der Waals surface area contributed by atoms with E-state index >= 15 is 0 Å². The van der Waals surface area contributed by atoms with Crippen LogP contribution in [0.2, 0.25) is 0 Å². The van der Waals surface area contributed by atoms with Crippen LogP contribution in [0.15, 0.2) is 48.2 Å². The van der Waals surface area contributed by atoms with Gasteiger partial charge in [-0.15, -0.1) is 0 Å². The first-order valence-corrected chi connectivity index (χ1v) is 12.4. The van der Waals surface area contributed by atoms with Crippen molar-refractivity contribution in [1.29, 1.82) is 0 Å². The molecule has 2 aliphatic heterocycles. The van der Waals surface area contributed by atoms with Gasteiger partial charge in [-0.2, -0.15) is 0 Å². The Morgan fingerprint density at radius 3 is 2.67 bits per heavy atom. The number of allylic oxidation sites excluding steroid dienone is 1. The second kappa shape index (κ2) is 9.10. The Balaban J connectivity index is 1.38. The number of ether oxygens (including phenoxy) is 6. The number of piperidine rings is 1. The molecule has 0 unspecified atom stereocenters. The van der Waals surface area contributed by atoms with Crippen LogP contribution in [0, 0.1) is 5.92 Å². The van der Waals surface area contributed by atoms with Crippen LogP contribution in [-0.4, -0.2) is 64.4 Å². The highest BCUT2D eigenvalue weighted by atomic mass is 16.7. The van der Waals surface area contributed by atoms with Gasteiger partial charge in [0.05, 0.1) is 0 Å². The summed E-state index contributed by atoms with van der Waals surface area (Å²) in [5.74, 6) is 2.30. The molecule has 0 amide bonds. The Bertz CT molecular complexity index is 1210. The molecule has 2 aromatic carbocycles. The third-order valence-electron chi connectivity index (χ3n) is 8.19. The highest BCUT2D eigenvalue weighted by Crippen LogP contribution is 2.63. The number of carbonyl (C=O) groups is 1. The number of likely N-dealkylation sites (tertiary alicyclic amines) is 1. The molecule has 2 aliphatic carbocycles. The van der Waals surface area contributed by atoms with Crippen LogP contribution in [0.4, 0.5) is 0 Å². The average Bonchev–Trinajstić information content (AvgIpc) is 3.25. The highest BCUT2D eigenvalue weighted by Gasteiger charge is 2.64. The molecule has 8 nitrogen and oxygen atoms in total. The van der Waals surface area contributed by atoms with E-state index in [0.29, 0.717) is 34.8 Å². The molecule has 0 aromatic heterocycles. The summed E-state index contributed by atoms with van der Waals surface area (Å²) in [4.78, 5) is 15.8. The SMILES string of the molecule is COCOc1ccccc1C(=O)OC1=CC[C@H]2[C@H]3Cc4ccc(OCOC)c5c4[C@@]2(CCN3C)[C@H]1O5. The maximum atomic E-state index is 13.4. The summed E-state index contributed by atoms with van der Waals surface area (Å²) in [5, 5.41) is 0. The molecule has 190 valence electrons. The predicted molar refractivity (Wildman–Crippen MR) is 130 cm³/mol. The van der Waals surface area contributed by atoms with Gasteiger partial charge in [0.1, 0.15) is 17.1 Å². The number of hydrogen-bond donors (Lipinski definition) is 0. The maximum Gasteiger partial charge on any atom is 0.347 e. The number of nitrogens with zero attached hydrogens (tertiary/aromatic N) is 1. The van der Waals surface area contributed by atoms with Gasteiger partial charge in [-0.05, 0) is 68.6 Å². The number of esters is 1. The van der Waals surface area contributed by atoms with Crippen LogP contribution in [0.25, 0.3) is 0 Å². The van der Waals surface area contributed by atoms with Gasteiger partial charge < -0.3 is 33.3 Å². The first-order valence-electron chi connectivity index (χ1n) is 12.4. The van der Waals surface area contributed by atoms with Crippen molar-refractivity contribution < 1.29 is 33.2 Å². The van der Waals surface area contributed by atoms with Gasteiger partial charge in [0.15, 0.2) is 31.2 Å². The molecule has 2 heterocycles. The van der Waals surface area contributed by atoms with E-state index < -0.39 is 12.1 Å². The highest BCUT2D eigenvalue weighted by molar-refractivity contribution is 5.93. The topological polar surface area (TPSA) is 75.7 Å². The third kappa shape index (κ3) is 3.43. The number of para-hydroxylation sites is 1. The smallest absolute Gasteiger partial charge is 0.347 e. The van der Waals surface area contributed by atoms with E-state index in [2.05, 4.69) is 18.0 Å². The number of carbonyl (C=O) groups excluding carboxylic acids is 1. The normalized spacial score (nSPS) is 27.5. The minimum Gasteiger partial charge on any atom is -0.477 e. The quantitative estimate of drug-likeness (QED) is 0.407. The van der Waals surface area contributed by atoms with Crippen LogP contribution < -0.4 is 14.2 Å². The molecule has 6 rings (SSSR count). The first-order chi connectivity index (χ1) is 17.6. The molecular formula is C28H31NO7. The molecular weight excluding hydrogens is 462 g/mol. The number of methoxy groups -OCH3 is 2. The van der Waals surface area contributed by atoms with Gasteiger partial charge in [-0.1, -0.05) is 18.2 Å². The standard InChI is InChI=1S/C28H31NO7/c1-29-13-12-28-19-9-11-23(35-27(30)18-6-4-5-7-21(18)33-15-31-2)26(28)36-25-22(34-16-32-3)10-8-17(24(25)28)14-20(19)29/h4-8,10-11,19-20,26H,9,12-16H2,1-3H3/t19-,20+,26-,28-/m0/s1. The molecule has 2 aromatic rings. The van der Waals surface area contributed by atoms with Crippen LogP contribution >= 0.6 is 0 Å².